The van der Waals surface area contributed by atoms with E-state index in [-0.39, 0.29) is 17.7 Å². The molecule has 3 rings (SSSR count). The van der Waals surface area contributed by atoms with Crippen molar-refractivity contribution in [2.45, 2.75) is 39.0 Å². The number of rotatable bonds is 2. The molecule has 6 heteroatoms. The number of morpholine rings is 1. The van der Waals surface area contributed by atoms with Gasteiger partial charge in [0.15, 0.2) is 11.5 Å². The van der Waals surface area contributed by atoms with Crippen molar-refractivity contribution < 1.29 is 19.0 Å². The second-order valence-corrected chi connectivity index (χ2v) is 6.71. The van der Waals surface area contributed by atoms with Gasteiger partial charge in [-0.15, -0.1) is 0 Å². The van der Waals surface area contributed by atoms with E-state index in [2.05, 4.69) is 5.32 Å². The predicted octanol–water partition coefficient (Wildman–Crippen LogP) is 2.17. The van der Waals surface area contributed by atoms with E-state index in [1.165, 1.54) is 0 Å². The molecule has 1 aromatic rings. The Morgan fingerprint density at radius 2 is 2.04 bits per heavy atom. The molecule has 0 bridgehead atoms. The van der Waals surface area contributed by atoms with E-state index in [4.69, 9.17) is 14.2 Å². The summed E-state index contributed by atoms with van der Waals surface area (Å²) in [4.78, 5) is 14.2. The maximum atomic E-state index is 12.4. The van der Waals surface area contributed by atoms with Gasteiger partial charge in [0.25, 0.3) is 0 Å². The highest BCUT2D eigenvalue weighted by Gasteiger charge is 2.33. The van der Waals surface area contributed by atoms with Crippen molar-refractivity contribution in [1.29, 1.82) is 0 Å². The number of carbonyl (C=O) groups is 1. The van der Waals surface area contributed by atoms with E-state index < -0.39 is 0 Å². The number of hydrogen-bond donors (Lipinski definition) is 1. The average molecular weight is 320 g/mol. The van der Waals surface area contributed by atoms with Crippen LogP contribution in [-0.4, -0.2) is 48.9 Å². The Labute approximate surface area is 136 Å². The number of nitrogens with zero attached hydrogens (tertiary/aromatic N) is 1. The number of benzene rings is 1. The van der Waals surface area contributed by atoms with Crippen LogP contribution in [0.15, 0.2) is 18.2 Å². The van der Waals surface area contributed by atoms with E-state index in [1.54, 1.807) is 0 Å². The molecule has 1 fully saturated rings. The zero-order valence-corrected chi connectivity index (χ0v) is 13.9. The lowest BCUT2D eigenvalue weighted by Gasteiger charge is -2.41. The van der Waals surface area contributed by atoms with Gasteiger partial charge in [0, 0.05) is 13.1 Å². The lowest BCUT2D eigenvalue weighted by atomic mass is 10.1. The first-order valence-electron chi connectivity index (χ1n) is 8.02. The van der Waals surface area contributed by atoms with E-state index >= 15 is 0 Å². The average Bonchev–Trinajstić information content (AvgIpc) is 2.50. The Hall–Kier alpha value is -1.95. The van der Waals surface area contributed by atoms with E-state index in [1.807, 2.05) is 43.9 Å². The van der Waals surface area contributed by atoms with Crippen molar-refractivity contribution in [3.8, 4) is 11.5 Å². The Morgan fingerprint density at radius 1 is 1.30 bits per heavy atom. The van der Waals surface area contributed by atoms with Crippen molar-refractivity contribution in [2.24, 2.45) is 0 Å². The van der Waals surface area contributed by atoms with Crippen molar-refractivity contribution in [3.63, 3.8) is 0 Å². The summed E-state index contributed by atoms with van der Waals surface area (Å²) < 4.78 is 16.9. The van der Waals surface area contributed by atoms with Crippen LogP contribution in [0.2, 0.25) is 0 Å². The molecule has 2 heterocycles. The summed E-state index contributed by atoms with van der Waals surface area (Å²) in [5.74, 6) is 1.50. The van der Waals surface area contributed by atoms with Crippen molar-refractivity contribution in [3.05, 3.63) is 23.8 Å². The number of amides is 2. The monoisotopic (exact) mass is 320 g/mol. The van der Waals surface area contributed by atoms with Gasteiger partial charge in [0.2, 0.25) is 0 Å². The standard InChI is InChI=1S/C17H24N2O4/c1-12-10-19(11-17(2,3)23-12)16(20)18-9-13-4-5-14-15(8-13)22-7-6-21-14/h4-5,8,12H,6-7,9-11H2,1-3H3,(H,18,20). The molecule has 2 aliphatic heterocycles. The highest BCUT2D eigenvalue weighted by Crippen LogP contribution is 2.30. The largest absolute Gasteiger partial charge is 0.486 e. The topological polar surface area (TPSA) is 60.0 Å². The number of nitrogens with one attached hydrogen (secondary N) is 1. The quantitative estimate of drug-likeness (QED) is 0.907. The van der Waals surface area contributed by atoms with Crippen LogP contribution in [0.1, 0.15) is 26.3 Å². The number of carbonyl (C=O) groups excluding carboxylic acids is 1. The second kappa shape index (κ2) is 6.28. The fourth-order valence-electron chi connectivity index (χ4n) is 3.10. The Morgan fingerprint density at radius 3 is 2.78 bits per heavy atom. The molecule has 0 spiro atoms. The van der Waals surface area contributed by atoms with Gasteiger partial charge in [-0.1, -0.05) is 6.07 Å². The van der Waals surface area contributed by atoms with E-state index in [9.17, 15) is 4.79 Å². The van der Waals surface area contributed by atoms with Gasteiger partial charge >= 0.3 is 6.03 Å². The lowest BCUT2D eigenvalue weighted by Crippen LogP contribution is -2.56. The van der Waals surface area contributed by atoms with Crippen LogP contribution in [0.3, 0.4) is 0 Å². The molecule has 6 nitrogen and oxygen atoms in total. The fourth-order valence-corrected chi connectivity index (χ4v) is 3.10. The third-order valence-corrected chi connectivity index (χ3v) is 3.91. The molecule has 1 N–H and O–H groups in total. The van der Waals surface area contributed by atoms with Crippen LogP contribution < -0.4 is 14.8 Å². The van der Waals surface area contributed by atoms with Gasteiger partial charge in [0.1, 0.15) is 13.2 Å². The zero-order valence-electron chi connectivity index (χ0n) is 13.9. The number of urea groups is 1. The maximum absolute atomic E-state index is 12.4. The molecule has 126 valence electrons. The molecule has 1 atom stereocenters. The van der Waals surface area contributed by atoms with Crippen LogP contribution in [-0.2, 0) is 11.3 Å². The maximum Gasteiger partial charge on any atom is 0.317 e. The molecule has 2 amide bonds. The van der Waals surface area contributed by atoms with Crippen LogP contribution in [0.25, 0.3) is 0 Å². The fraction of sp³-hybridized carbons (Fsp3) is 0.588. The Kier molecular flexibility index (Phi) is 4.35. The van der Waals surface area contributed by atoms with Gasteiger partial charge in [-0.2, -0.15) is 0 Å². The summed E-state index contributed by atoms with van der Waals surface area (Å²) in [5.41, 5.74) is 0.676. The highest BCUT2D eigenvalue weighted by molar-refractivity contribution is 5.74. The summed E-state index contributed by atoms with van der Waals surface area (Å²) in [6, 6.07) is 5.68. The minimum Gasteiger partial charge on any atom is -0.486 e. The summed E-state index contributed by atoms with van der Waals surface area (Å²) >= 11 is 0. The van der Waals surface area contributed by atoms with Crippen molar-refractivity contribution >= 4 is 6.03 Å². The van der Waals surface area contributed by atoms with Crippen LogP contribution in [0.4, 0.5) is 4.79 Å². The first kappa shape index (κ1) is 15.9. The van der Waals surface area contributed by atoms with Crippen molar-refractivity contribution in [2.75, 3.05) is 26.3 Å². The Balaban J connectivity index is 1.58. The van der Waals surface area contributed by atoms with Crippen molar-refractivity contribution in [1.82, 2.24) is 10.2 Å². The summed E-state index contributed by atoms with van der Waals surface area (Å²) in [6.07, 6.45) is 0.0405. The van der Waals surface area contributed by atoms with Gasteiger partial charge in [0.05, 0.1) is 18.2 Å². The molecule has 23 heavy (non-hydrogen) atoms. The van der Waals surface area contributed by atoms with E-state index in [0.717, 1.165) is 17.1 Å². The lowest BCUT2D eigenvalue weighted by molar-refractivity contribution is -0.117. The Bertz CT molecular complexity index is 588. The first-order valence-corrected chi connectivity index (χ1v) is 8.02. The van der Waals surface area contributed by atoms with Crippen LogP contribution >= 0.6 is 0 Å². The summed E-state index contributed by atoms with van der Waals surface area (Å²) in [6.45, 7) is 8.79. The summed E-state index contributed by atoms with van der Waals surface area (Å²) in [7, 11) is 0. The second-order valence-electron chi connectivity index (χ2n) is 6.71. The SMILES string of the molecule is CC1CN(C(=O)NCc2ccc3c(c2)OCCO3)CC(C)(C)O1. The number of fused-ring (bicyclic) bond motifs is 1. The van der Waals surface area contributed by atoms with Crippen LogP contribution in [0.5, 0.6) is 11.5 Å². The highest BCUT2D eigenvalue weighted by atomic mass is 16.6. The predicted molar refractivity (Wildman–Crippen MR) is 85.9 cm³/mol. The smallest absolute Gasteiger partial charge is 0.317 e. The molecular formula is C17H24N2O4. The molecule has 1 aromatic carbocycles. The molecule has 1 unspecified atom stereocenters. The van der Waals surface area contributed by atoms with Gasteiger partial charge in [-0.3, -0.25) is 0 Å². The molecule has 2 aliphatic rings. The molecule has 0 radical (unpaired) electrons. The molecular weight excluding hydrogens is 296 g/mol. The zero-order chi connectivity index (χ0) is 16.4. The van der Waals surface area contributed by atoms with E-state index in [0.29, 0.717) is 32.8 Å². The number of hydrogen-bond acceptors (Lipinski definition) is 4. The third-order valence-electron chi connectivity index (χ3n) is 3.91. The minimum atomic E-state index is -0.313. The van der Waals surface area contributed by atoms with Gasteiger partial charge < -0.3 is 24.4 Å². The molecule has 0 saturated carbocycles. The molecule has 1 saturated heterocycles. The van der Waals surface area contributed by atoms with Gasteiger partial charge in [-0.05, 0) is 38.5 Å². The third kappa shape index (κ3) is 3.88. The number of ether oxygens (including phenoxy) is 3. The molecule has 0 aromatic heterocycles. The summed E-state index contributed by atoms with van der Waals surface area (Å²) in [5, 5.41) is 2.97. The first-order chi connectivity index (χ1) is 10.9. The van der Waals surface area contributed by atoms with Gasteiger partial charge in [-0.25, -0.2) is 4.79 Å². The van der Waals surface area contributed by atoms with Crippen LogP contribution in [0, 0.1) is 0 Å². The normalized spacial score (nSPS) is 22.6. The minimum absolute atomic E-state index is 0.0405. The molecule has 0 aliphatic carbocycles.